The third-order valence-electron chi connectivity index (χ3n) is 15.4. The van der Waals surface area contributed by atoms with Crippen molar-refractivity contribution in [3.05, 3.63) is 293 Å². The zero-order valence-corrected chi connectivity index (χ0v) is 38.3. The first-order valence-corrected chi connectivity index (χ1v) is 24.6. The molecule has 0 N–H and O–H groups in total. The maximum absolute atomic E-state index is 6.67. The lowest BCUT2D eigenvalue weighted by molar-refractivity contribution is 0.436. The molecule has 0 unspecified atom stereocenters. The van der Waals surface area contributed by atoms with E-state index in [1.165, 1.54) is 98.5 Å². The molecule has 0 amide bonds. The van der Waals surface area contributed by atoms with Gasteiger partial charge in [0.1, 0.15) is 11.5 Å². The lowest BCUT2D eigenvalue weighted by atomic mass is 9.66. The minimum absolute atomic E-state index is 0.449. The summed E-state index contributed by atoms with van der Waals surface area (Å²) < 4.78 is 6.67. The molecule has 2 heterocycles. The summed E-state index contributed by atoms with van der Waals surface area (Å²) in [5.74, 6) is 1.79. The zero-order chi connectivity index (χ0) is 45.3. The number of ether oxygens (including phenoxy) is 1. The van der Waals surface area contributed by atoms with E-state index in [0.717, 1.165) is 28.6 Å². The minimum Gasteiger partial charge on any atom is -0.457 e. The first kappa shape index (κ1) is 38.7. The van der Waals surface area contributed by atoms with E-state index in [4.69, 9.17) is 4.74 Å². The van der Waals surface area contributed by atoms with Gasteiger partial charge in [0.05, 0.1) is 10.8 Å². The van der Waals surface area contributed by atoms with Gasteiger partial charge in [0.2, 0.25) is 0 Å². The van der Waals surface area contributed by atoms with Gasteiger partial charge < -0.3 is 9.64 Å². The van der Waals surface area contributed by atoms with Crippen LogP contribution in [0, 0.1) is 0 Å². The highest BCUT2D eigenvalue weighted by Crippen LogP contribution is 2.64. The van der Waals surface area contributed by atoms with E-state index >= 15 is 0 Å². The minimum atomic E-state index is -0.544. The van der Waals surface area contributed by atoms with Gasteiger partial charge in [-0.2, -0.15) is 0 Å². The monoisotopic (exact) mass is 895 g/mol. The summed E-state index contributed by atoms with van der Waals surface area (Å²) in [5.41, 5.74) is 19.9. The molecule has 0 radical (unpaired) electrons. The second kappa shape index (κ2) is 14.6. The second-order valence-corrected chi connectivity index (χ2v) is 19.7. The van der Waals surface area contributed by atoms with Gasteiger partial charge in [0, 0.05) is 38.0 Å². The van der Waals surface area contributed by atoms with Crippen molar-refractivity contribution in [1.82, 2.24) is 0 Å². The Labute approximate surface area is 405 Å². The second-order valence-electron chi connectivity index (χ2n) is 18.6. The molecule has 69 heavy (non-hydrogen) atoms. The highest BCUT2D eigenvalue weighted by Gasteiger charge is 2.52. The number of nitrogens with zero attached hydrogens (tertiary/aromatic N) is 1. The predicted octanol–water partition coefficient (Wildman–Crippen LogP) is 17.3. The van der Waals surface area contributed by atoms with Crippen molar-refractivity contribution in [1.29, 1.82) is 0 Å². The average Bonchev–Trinajstić information content (AvgIpc) is 3.86. The number of rotatable bonds is 4. The van der Waals surface area contributed by atoms with Crippen LogP contribution in [-0.2, 0) is 10.8 Å². The van der Waals surface area contributed by atoms with Gasteiger partial charge in [-0.25, -0.2) is 0 Å². The van der Waals surface area contributed by atoms with Gasteiger partial charge in [0.25, 0.3) is 0 Å². The summed E-state index contributed by atoms with van der Waals surface area (Å²) in [5, 5.41) is 2.49. The largest absolute Gasteiger partial charge is 0.457 e. The zero-order valence-electron chi connectivity index (χ0n) is 37.4. The van der Waals surface area contributed by atoms with Crippen LogP contribution in [0.1, 0.15) is 44.5 Å². The molecule has 0 saturated heterocycles. The van der Waals surface area contributed by atoms with Gasteiger partial charge in [-0.05, 0) is 138 Å². The van der Waals surface area contributed by atoms with Crippen LogP contribution in [0.2, 0.25) is 0 Å². The third kappa shape index (κ3) is 5.23. The Hall–Kier alpha value is -8.37. The summed E-state index contributed by atoms with van der Waals surface area (Å²) in [6.45, 7) is 0. The van der Waals surface area contributed by atoms with Crippen molar-refractivity contribution in [3.63, 3.8) is 0 Å². The fourth-order valence-corrected chi connectivity index (χ4v) is 13.9. The molecule has 2 aliphatic carbocycles. The van der Waals surface area contributed by atoms with Crippen LogP contribution >= 0.6 is 11.8 Å². The number of hydrogen-bond donors (Lipinski definition) is 0. The first-order valence-electron chi connectivity index (χ1n) is 23.8. The molecule has 2 spiro atoms. The van der Waals surface area contributed by atoms with Crippen LogP contribution in [0.25, 0.3) is 44.2 Å². The molecular weight excluding hydrogens is 855 g/mol. The van der Waals surface area contributed by atoms with Crippen LogP contribution in [0.3, 0.4) is 0 Å². The van der Waals surface area contributed by atoms with Gasteiger partial charge in [-0.15, -0.1) is 0 Å². The predicted molar refractivity (Wildman–Crippen MR) is 283 cm³/mol. The Kier molecular flexibility index (Phi) is 8.17. The summed E-state index contributed by atoms with van der Waals surface area (Å²) >= 11 is 1.89. The molecule has 0 aromatic heterocycles. The summed E-state index contributed by atoms with van der Waals surface area (Å²) in [6.07, 6.45) is 0. The van der Waals surface area contributed by atoms with Crippen molar-refractivity contribution in [2.24, 2.45) is 0 Å². The molecule has 4 aliphatic rings. The Morgan fingerprint density at radius 1 is 0.304 bits per heavy atom. The van der Waals surface area contributed by atoms with Crippen LogP contribution in [0.4, 0.5) is 17.1 Å². The van der Waals surface area contributed by atoms with Crippen LogP contribution < -0.4 is 9.64 Å². The maximum Gasteiger partial charge on any atom is 0.132 e. The molecular formula is C66H41NOS. The SMILES string of the molecule is c1ccc2c(c1)Oc1ccccc1C21c2ccccc2-c2cc(N(c3ccc(-c4cccc5ccccc45)cc3)c3ccc4c(c3)-c3ccccc3C43c4ccccc4Sc4ccccc43)ccc21. The van der Waals surface area contributed by atoms with E-state index in [-0.39, 0.29) is 0 Å². The van der Waals surface area contributed by atoms with E-state index in [9.17, 15) is 0 Å². The van der Waals surface area contributed by atoms with Crippen LogP contribution in [-0.4, -0.2) is 0 Å². The molecule has 0 atom stereocenters. The fraction of sp³-hybridized carbons (Fsp3) is 0.0303. The molecule has 11 aromatic rings. The van der Waals surface area contributed by atoms with Crippen molar-refractivity contribution in [2.45, 2.75) is 20.6 Å². The smallest absolute Gasteiger partial charge is 0.132 e. The van der Waals surface area contributed by atoms with E-state index in [2.05, 4.69) is 254 Å². The molecule has 0 saturated carbocycles. The fourth-order valence-electron chi connectivity index (χ4n) is 12.7. The van der Waals surface area contributed by atoms with E-state index < -0.39 is 10.8 Å². The Morgan fingerprint density at radius 2 is 0.725 bits per heavy atom. The molecule has 2 aliphatic heterocycles. The van der Waals surface area contributed by atoms with Crippen LogP contribution in [0.15, 0.2) is 259 Å². The standard InChI is InChI=1S/C66H41NOS/c1-2-18-47-42(16-1)17-15-21-48(47)43-32-34-44(35-33-43)67(45-36-38-55-51(40-45)49-19-3-5-22-53(49)65(55)57-24-7-11-28-61(57)68-62-29-12-8-25-58(62)65)46-37-39-56-52(41-46)50-20-4-6-23-54(50)66(56)59-26-9-13-30-63(59)69-64-31-14-10-27-60(64)66/h1-41H. The maximum atomic E-state index is 6.67. The molecule has 11 aromatic carbocycles. The summed E-state index contributed by atoms with van der Waals surface area (Å²) in [6, 6.07) is 92.3. The van der Waals surface area contributed by atoms with Gasteiger partial charge in [0.15, 0.2) is 0 Å². The Morgan fingerprint density at radius 3 is 1.32 bits per heavy atom. The normalized spacial score (nSPS) is 14.4. The van der Waals surface area contributed by atoms with E-state index in [1.807, 2.05) is 11.8 Å². The molecule has 0 fully saturated rings. The van der Waals surface area contributed by atoms with Crippen LogP contribution in [0.5, 0.6) is 11.5 Å². The number of para-hydroxylation sites is 2. The highest BCUT2D eigenvalue weighted by molar-refractivity contribution is 7.99. The third-order valence-corrected chi connectivity index (χ3v) is 16.6. The molecule has 0 bridgehead atoms. The summed E-state index contributed by atoms with van der Waals surface area (Å²) in [7, 11) is 0. The lowest BCUT2D eigenvalue weighted by Gasteiger charge is -2.39. The number of anilines is 3. The van der Waals surface area contributed by atoms with Gasteiger partial charge in [-0.1, -0.05) is 200 Å². The number of benzene rings is 11. The van der Waals surface area contributed by atoms with Crippen molar-refractivity contribution >= 4 is 39.6 Å². The quantitative estimate of drug-likeness (QED) is 0.175. The molecule has 3 heteroatoms. The van der Waals surface area contributed by atoms with E-state index in [0.29, 0.717) is 0 Å². The van der Waals surface area contributed by atoms with Crippen molar-refractivity contribution in [2.75, 3.05) is 4.90 Å². The molecule has 322 valence electrons. The summed E-state index contributed by atoms with van der Waals surface area (Å²) in [4.78, 5) is 5.09. The number of hydrogen-bond acceptors (Lipinski definition) is 3. The van der Waals surface area contributed by atoms with Crippen molar-refractivity contribution in [3.8, 4) is 44.9 Å². The topological polar surface area (TPSA) is 12.5 Å². The van der Waals surface area contributed by atoms with Gasteiger partial charge >= 0.3 is 0 Å². The lowest BCUT2D eigenvalue weighted by Crippen LogP contribution is -2.32. The van der Waals surface area contributed by atoms with Gasteiger partial charge in [-0.3, -0.25) is 0 Å². The first-order chi connectivity index (χ1) is 34.2. The van der Waals surface area contributed by atoms with Crippen molar-refractivity contribution < 1.29 is 4.74 Å². The van der Waals surface area contributed by atoms with E-state index in [1.54, 1.807) is 0 Å². The molecule has 2 nitrogen and oxygen atoms in total. The Bertz CT molecular complexity index is 3650. The Balaban J connectivity index is 0.964. The highest BCUT2D eigenvalue weighted by atomic mass is 32.2. The number of fused-ring (bicyclic) bond motifs is 19. The molecule has 15 rings (SSSR count). The average molecular weight is 896 g/mol.